The third-order valence-corrected chi connectivity index (χ3v) is 2.29. The van der Waals surface area contributed by atoms with Gasteiger partial charge in [-0.15, -0.1) is 10.2 Å². The SMILES string of the molecule is Cc1ccccc1-c1nnc(N)n1C. The van der Waals surface area contributed by atoms with E-state index in [4.69, 9.17) is 5.73 Å². The molecule has 0 radical (unpaired) electrons. The highest BCUT2D eigenvalue weighted by atomic mass is 15.3. The first-order chi connectivity index (χ1) is 6.70. The molecule has 2 N–H and O–H groups in total. The lowest BCUT2D eigenvalue weighted by atomic mass is 10.1. The van der Waals surface area contributed by atoms with Gasteiger partial charge in [0, 0.05) is 12.6 Å². The zero-order chi connectivity index (χ0) is 10.1. The monoisotopic (exact) mass is 188 g/mol. The van der Waals surface area contributed by atoms with Crippen molar-refractivity contribution >= 4 is 5.95 Å². The Hall–Kier alpha value is -1.84. The number of aromatic nitrogens is 3. The van der Waals surface area contributed by atoms with E-state index in [-0.39, 0.29) is 0 Å². The normalized spacial score (nSPS) is 10.4. The van der Waals surface area contributed by atoms with Gasteiger partial charge in [-0.3, -0.25) is 4.57 Å². The second kappa shape index (κ2) is 3.14. The predicted molar refractivity (Wildman–Crippen MR) is 55.6 cm³/mol. The number of anilines is 1. The minimum atomic E-state index is 0.434. The van der Waals surface area contributed by atoms with Crippen LogP contribution in [0.25, 0.3) is 11.4 Å². The van der Waals surface area contributed by atoms with Crippen LogP contribution in [0.2, 0.25) is 0 Å². The summed E-state index contributed by atoms with van der Waals surface area (Å²) >= 11 is 0. The zero-order valence-electron chi connectivity index (χ0n) is 8.23. The van der Waals surface area contributed by atoms with Gasteiger partial charge in [0.1, 0.15) is 0 Å². The molecule has 1 heterocycles. The zero-order valence-corrected chi connectivity index (χ0v) is 8.23. The molecule has 0 saturated heterocycles. The van der Waals surface area contributed by atoms with Crippen LogP contribution in [0.3, 0.4) is 0 Å². The predicted octanol–water partition coefficient (Wildman–Crippen LogP) is 1.37. The Morgan fingerprint density at radius 2 is 1.93 bits per heavy atom. The lowest BCUT2D eigenvalue weighted by molar-refractivity contribution is 0.933. The van der Waals surface area contributed by atoms with E-state index in [1.54, 1.807) is 4.57 Å². The molecule has 0 aliphatic heterocycles. The fraction of sp³-hybridized carbons (Fsp3) is 0.200. The van der Waals surface area contributed by atoms with Crippen molar-refractivity contribution in [3.63, 3.8) is 0 Å². The summed E-state index contributed by atoms with van der Waals surface area (Å²) < 4.78 is 1.78. The highest BCUT2D eigenvalue weighted by Crippen LogP contribution is 2.21. The highest BCUT2D eigenvalue weighted by molar-refractivity contribution is 5.61. The van der Waals surface area contributed by atoms with Crippen molar-refractivity contribution < 1.29 is 0 Å². The molecular weight excluding hydrogens is 176 g/mol. The standard InChI is InChI=1S/C10H12N4/c1-7-5-3-4-6-8(7)9-12-13-10(11)14(9)2/h3-6H,1-2H3,(H2,11,13). The van der Waals surface area contributed by atoms with Gasteiger partial charge in [0.15, 0.2) is 5.82 Å². The summed E-state index contributed by atoms with van der Waals surface area (Å²) in [4.78, 5) is 0. The molecule has 0 aliphatic rings. The first-order valence-electron chi connectivity index (χ1n) is 4.41. The summed E-state index contributed by atoms with van der Waals surface area (Å²) in [7, 11) is 1.86. The van der Waals surface area contributed by atoms with Gasteiger partial charge in [0.25, 0.3) is 0 Å². The Kier molecular flexibility index (Phi) is 1.96. The van der Waals surface area contributed by atoms with E-state index >= 15 is 0 Å². The maximum Gasteiger partial charge on any atom is 0.222 e. The van der Waals surface area contributed by atoms with E-state index in [2.05, 4.69) is 10.2 Å². The maximum atomic E-state index is 5.62. The molecule has 1 aromatic heterocycles. The van der Waals surface area contributed by atoms with E-state index in [9.17, 15) is 0 Å². The highest BCUT2D eigenvalue weighted by Gasteiger charge is 2.09. The molecule has 0 unspecified atom stereocenters. The molecule has 0 spiro atoms. The summed E-state index contributed by atoms with van der Waals surface area (Å²) in [6.07, 6.45) is 0. The fourth-order valence-electron chi connectivity index (χ4n) is 1.40. The number of nitrogens with two attached hydrogens (primary N) is 1. The fourth-order valence-corrected chi connectivity index (χ4v) is 1.40. The van der Waals surface area contributed by atoms with Crippen molar-refractivity contribution in [1.29, 1.82) is 0 Å². The molecule has 4 heteroatoms. The Morgan fingerprint density at radius 3 is 2.50 bits per heavy atom. The molecular formula is C10H12N4. The maximum absolute atomic E-state index is 5.62. The molecule has 0 saturated carbocycles. The molecule has 14 heavy (non-hydrogen) atoms. The smallest absolute Gasteiger partial charge is 0.222 e. The Morgan fingerprint density at radius 1 is 1.21 bits per heavy atom. The molecule has 2 rings (SSSR count). The molecule has 0 fully saturated rings. The molecule has 72 valence electrons. The number of aryl methyl sites for hydroxylation is 1. The average Bonchev–Trinajstić information content (AvgIpc) is 2.49. The third kappa shape index (κ3) is 1.25. The van der Waals surface area contributed by atoms with Gasteiger partial charge in [0.05, 0.1) is 0 Å². The van der Waals surface area contributed by atoms with Crippen LogP contribution in [-0.2, 0) is 7.05 Å². The van der Waals surface area contributed by atoms with Crippen molar-refractivity contribution in [1.82, 2.24) is 14.8 Å². The molecule has 2 aromatic rings. The number of hydrogen-bond acceptors (Lipinski definition) is 3. The Labute approximate surface area is 82.4 Å². The van der Waals surface area contributed by atoms with Crippen LogP contribution in [-0.4, -0.2) is 14.8 Å². The minimum Gasteiger partial charge on any atom is -0.368 e. The summed E-state index contributed by atoms with van der Waals surface area (Å²) in [6.45, 7) is 2.04. The van der Waals surface area contributed by atoms with Crippen molar-refractivity contribution in [3.05, 3.63) is 29.8 Å². The van der Waals surface area contributed by atoms with Crippen LogP contribution in [0.4, 0.5) is 5.95 Å². The summed E-state index contributed by atoms with van der Waals surface area (Å²) in [5, 5.41) is 7.86. The van der Waals surface area contributed by atoms with Gasteiger partial charge in [-0.2, -0.15) is 0 Å². The number of rotatable bonds is 1. The van der Waals surface area contributed by atoms with Gasteiger partial charge in [0.2, 0.25) is 5.95 Å². The number of nitrogens with zero attached hydrogens (tertiary/aromatic N) is 3. The van der Waals surface area contributed by atoms with E-state index in [1.165, 1.54) is 5.56 Å². The van der Waals surface area contributed by atoms with Crippen molar-refractivity contribution in [2.75, 3.05) is 5.73 Å². The molecule has 1 aromatic carbocycles. The van der Waals surface area contributed by atoms with Crippen LogP contribution in [0.15, 0.2) is 24.3 Å². The summed E-state index contributed by atoms with van der Waals surface area (Å²) in [5.41, 5.74) is 7.86. The molecule has 0 aliphatic carbocycles. The average molecular weight is 188 g/mol. The second-order valence-corrected chi connectivity index (χ2v) is 3.26. The largest absolute Gasteiger partial charge is 0.368 e. The van der Waals surface area contributed by atoms with Crippen LogP contribution in [0, 0.1) is 6.92 Å². The topological polar surface area (TPSA) is 56.7 Å². The van der Waals surface area contributed by atoms with Crippen molar-refractivity contribution in [3.8, 4) is 11.4 Å². The van der Waals surface area contributed by atoms with Crippen LogP contribution in [0.5, 0.6) is 0 Å². The van der Waals surface area contributed by atoms with Gasteiger partial charge < -0.3 is 5.73 Å². The third-order valence-electron chi connectivity index (χ3n) is 2.29. The first kappa shape index (κ1) is 8.74. The Balaban J connectivity index is 2.60. The van der Waals surface area contributed by atoms with E-state index in [1.807, 2.05) is 38.2 Å². The van der Waals surface area contributed by atoms with Crippen LogP contribution < -0.4 is 5.73 Å². The van der Waals surface area contributed by atoms with E-state index in [0.717, 1.165) is 11.4 Å². The lowest BCUT2D eigenvalue weighted by Gasteiger charge is -2.04. The van der Waals surface area contributed by atoms with Crippen molar-refractivity contribution in [2.45, 2.75) is 6.92 Å². The van der Waals surface area contributed by atoms with E-state index in [0.29, 0.717) is 5.95 Å². The molecule has 0 bridgehead atoms. The van der Waals surface area contributed by atoms with Crippen molar-refractivity contribution in [2.24, 2.45) is 7.05 Å². The molecule has 0 amide bonds. The number of benzene rings is 1. The van der Waals surface area contributed by atoms with Gasteiger partial charge >= 0.3 is 0 Å². The number of nitrogen functional groups attached to an aromatic ring is 1. The summed E-state index contributed by atoms with van der Waals surface area (Å²) in [5.74, 6) is 1.24. The van der Waals surface area contributed by atoms with Gasteiger partial charge in [-0.25, -0.2) is 0 Å². The second-order valence-electron chi connectivity index (χ2n) is 3.26. The molecule has 0 atom stereocenters. The first-order valence-corrected chi connectivity index (χ1v) is 4.41. The molecule has 4 nitrogen and oxygen atoms in total. The quantitative estimate of drug-likeness (QED) is 0.735. The number of hydrogen-bond donors (Lipinski definition) is 1. The Bertz CT molecular complexity index is 459. The van der Waals surface area contributed by atoms with E-state index < -0.39 is 0 Å². The lowest BCUT2D eigenvalue weighted by Crippen LogP contribution is -1.99. The van der Waals surface area contributed by atoms with Gasteiger partial charge in [-0.05, 0) is 12.5 Å². The van der Waals surface area contributed by atoms with Crippen LogP contribution >= 0.6 is 0 Å². The van der Waals surface area contributed by atoms with Crippen LogP contribution in [0.1, 0.15) is 5.56 Å². The minimum absolute atomic E-state index is 0.434. The van der Waals surface area contributed by atoms with Gasteiger partial charge in [-0.1, -0.05) is 24.3 Å². The summed E-state index contributed by atoms with van der Waals surface area (Å²) in [6, 6.07) is 8.03.